The van der Waals surface area contributed by atoms with Crippen molar-refractivity contribution in [1.29, 1.82) is 0 Å². The number of halogens is 1. The molecule has 3 rings (SSSR count). The minimum atomic E-state index is -0.190. The van der Waals surface area contributed by atoms with E-state index >= 15 is 0 Å². The average Bonchev–Trinajstić information content (AvgIpc) is 3.15. The Morgan fingerprint density at radius 1 is 1.08 bits per heavy atom. The van der Waals surface area contributed by atoms with E-state index in [2.05, 4.69) is 5.32 Å². The van der Waals surface area contributed by atoms with Crippen LogP contribution in [0.15, 0.2) is 77.7 Å². The van der Waals surface area contributed by atoms with Gasteiger partial charge in [0.1, 0.15) is 5.76 Å². The summed E-state index contributed by atoms with van der Waals surface area (Å²) in [6.45, 7) is 0.399. The topological polar surface area (TPSA) is 52.1 Å². The highest BCUT2D eigenvalue weighted by molar-refractivity contribution is 7.81. The monoisotopic (exact) mass is 370 g/mol. The zero-order valence-corrected chi connectivity index (χ0v) is 14.8. The smallest absolute Gasteiger partial charge is 0.237 e. The normalized spacial score (nSPS) is 11.7. The van der Waals surface area contributed by atoms with Crippen LogP contribution in [0.2, 0.25) is 5.02 Å². The van der Waals surface area contributed by atoms with Crippen molar-refractivity contribution in [2.24, 2.45) is 0 Å². The van der Waals surface area contributed by atoms with E-state index in [-0.39, 0.29) is 5.76 Å². The maximum absolute atomic E-state index is 13.0. The summed E-state index contributed by atoms with van der Waals surface area (Å²) in [6.07, 6.45) is 5.16. The van der Waals surface area contributed by atoms with Crippen LogP contribution in [0.3, 0.4) is 0 Å². The molecule has 0 spiro atoms. The summed E-state index contributed by atoms with van der Waals surface area (Å²) in [6, 6.07) is 15.9. The fraction of sp³-hybridized carbons (Fsp3) is 0.0526. The van der Waals surface area contributed by atoms with Gasteiger partial charge in [-0.3, -0.25) is 0 Å². The van der Waals surface area contributed by atoms with Crippen LogP contribution in [0.1, 0.15) is 11.3 Å². The molecule has 6 heteroatoms. The first-order valence-electron chi connectivity index (χ1n) is 7.59. The van der Waals surface area contributed by atoms with Crippen molar-refractivity contribution >= 4 is 40.3 Å². The Balaban J connectivity index is 1.96. The summed E-state index contributed by atoms with van der Waals surface area (Å²) in [5, 5.41) is 16.7. The van der Waals surface area contributed by atoms with Gasteiger partial charge in [-0.25, -0.2) is 0 Å². The molecular formula is C19H15ClN2O2S. The number of aromatic nitrogens is 1. The molecule has 0 saturated carbocycles. The Morgan fingerprint density at radius 2 is 1.80 bits per heavy atom. The standard InChI is InChI=1S/C19H15ClN2O2S/c20-15-8-6-14(7-9-15)18(23)17(22-10-2-1-3-11-22)19(25)21-13-16-5-4-12-24-16/h1-12H,13H2,(H-,21,23,25). The number of nitrogens with zero attached hydrogens (tertiary/aromatic N) is 1. The van der Waals surface area contributed by atoms with Crippen LogP contribution < -0.4 is 15.0 Å². The molecule has 0 radical (unpaired) electrons. The highest BCUT2D eigenvalue weighted by Crippen LogP contribution is 2.17. The number of nitrogens with one attached hydrogen (secondary N) is 1. The lowest BCUT2D eigenvalue weighted by atomic mass is 10.1. The molecule has 2 aromatic heterocycles. The van der Waals surface area contributed by atoms with Crippen molar-refractivity contribution in [2.45, 2.75) is 6.54 Å². The number of hydrogen-bond acceptors (Lipinski definition) is 3. The molecule has 1 aromatic carbocycles. The molecule has 0 atom stereocenters. The van der Waals surface area contributed by atoms with Gasteiger partial charge >= 0.3 is 0 Å². The SMILES string of the molecule is [O-]/C(=C(\C(=S)NCc1ccco1)[n+]1ccccc1)c1ccc(Cl)cc1. The first-order chi connectivity index (χ1) is 12.1. The van der Waals surface area contributed by atoms with Crippen molar-refractivity contribution in [2.75, 3.05) is 0 Å². The van der Waals surface area contributed by atoms with Crippen molar-refractivity contribution in [3.05, 3.63) is 89.6 Å². The highest BCUT2D eigenvalue weighted by Gasteiger charge is 2.18. The van der Waals surface area contributed by atoms with E-state index < -0.39 is 0 Å². The van der Waals surface area contributed by atoms with Gasteiger partial charge in [-0.05, 0) is 35.6 Å². The van der Waals surface area contributed by atoms with E-state index in [0.717, 1.165) is 5.76 Å². The molecule has 25 heavy (non-hydrogen) atoms. The van der Waals surface area contributed by atoms with E-state index in [9.17, 15) is 5.11 Å². The van der Waals surface area contributed by atoms with E-state index in [1.165, 1.54) is 0 Å². The van der Waals surface area contributed by atoms with Crippen molar-refractivity contribution in [3.63, 3.8) is 0 Å². The predicted octanol–water partition coefficient (Wildman–Crippen LogP) is 3.02. The highest BCUT2D eigenvalue weighted by atomic mass is 35.5. The van der Waals surface area contributed by atoms with E-state index in [1.807, 2.05) is 24.3 Å². The van der Waals surface area contributed by atoms with Crippen LogP contribution in [-0.2, 0) is 6.54 Å². The Labute approximate surface area is 156 Å². The first-order valence-corrected chi connectivity index (χ1v) is 8.38. The second-order valence-electron chi connectivity index (χ2n) is 5.23. The minimum absolute atomic E-state index is 0.190. The second-order valence-corrected chi connectivity index (χ2v) is 6.07. The minimum Gasteiger partial charge on any atom is -0.867 e. The van der Waals surface area contributed by atoms with Crippen LogP contribution in [0.5, 0.6) is 0 Å². The van der Waals surface area contributed by atoms with E-state index in [4.69, 9.17) is 28.2 Å². The molecular weight excluding hydrogens is 356 g/mol. The molecule has 1 N–H and O–H groups in total. The summed E-state index contributed by atoms with van der Waals surface area (Å²) in [5.41, 5.74) is 0.877. The lowest BCUT2D eigenvalue weighted by molar-refractivity contribution is -0.578. The van der Waals surface area contributed by atoms with E-state index in [1.54, 1.807) is 53.6 Å². The molecule has 126 valence electrons. The van der Waals surface area contributed by atoms with Crippen LogP contribution >= 0.6 is 23.8 Å². The number of pyridine rings is 1. The fourth-order valence-electron chi connectivity index (χ4n) is 2.29. The molecule has 0 bridgehead atoms. The molecule has 0 aliphatic carbocycles. The number of rotatable bonds is 5. The Hall–Kier alpha value is -2.63. The number of furan rings is 1. The summed E-state index contributed by atoms with van der Waals surface area (Å²) >= 11 is 11.4. The maximum atomic E-state index is 13.0. The molecule has 4 nitrogen and oxygen atoms in total. The molecule has 0 aliphatic heterocycles. The van der Waals surface area contributed by atoms with Crippen LogP contribution in [0, 0.1) is 0 Å². The van der Waals surface area contributed by atoms with Gasteiger partial charge in [-0.1, -0.05) is 42.0 Å². The number of thiocarbonyl (C=S) groups is 1. The van der Waals surface area contributed by atoms with Crippen molar-refractivity contribution in [3.8, 4) is 0 Å². The van der Waals surface area contributed by atoms with Gasteiger partial charge in [-0.2, -0.15) is 4.57 Å². The molecule has 3 aromatic rings. The van der Waals surface area contributed by atoms with Gasteiger partial charge in [0.25, 0.3) is 0 Å². The summed E-state index contributed by atoms with van der Waals surface area (Å²) in [7, 11) is 0. The van der Waals surface area contributed by atoms with Gasteiger partial charge in [0, 0.05) is 17.2 Å². The molecule has 0 unspecified atom stereocenters. The summed E-state index contributed by atoms with van der Waals surface area (Å²) < 4.78 is 6.99. The zero-order chi connectivity index (χ0) is 17.6. The Kier molecular flexibility index (Phi) is 5.48. The predicted molar refractivity (Wildman–Crippen MR) is 99.3 cm³/mol. The van der Waals surface area contributed by atoms with Gasteiger partial charge < -0.3 is 14.8 Å². The quantitative estimate of drug-likeness (QED) is 0.324. The summed E-state index contributed by atoms with van der Waals surface area (Å²) in [4.78, 5) is 0.340. The van der Waals surface area contributed by atoms with Gasteiger partial charge in [0.2, 0.25) is 5.70 Å². The Bertz CT molecular complexity index is 876. The third kappa shape index (κ3) is 4.26. The van der Waals surface area contributed by atoms with E-state index in [0.29, 0.717) is 27.8 Å². The summed E-state index contributed by atoms with van der Waals surface area (Å²) in [5.74, 6) is 0.545. The van der Waals surface area contributed by atoms with Crippen molar-refractivity contribution in [1.82, 2.24) is 5.32 Å². The lowest BCUT2D eigenvalue weighted by Crippen LogP contribution is -2.42. The van der Waals surface area contributed by atoms with Gasteiger partial charge in [-0.15, -0.1) is 0 Å². The van der Waals surface area contributed by atoms with Crippen molar-refractivity contribution < 1.29 is 14.1 Å². The second kappa shape index (κ2) is 7.96. The van der Waals surface area contributed by atoms with Crippen LogP contribution in [0.25, 0.3) is 11.5 Å². The van der Waals surface area contributed by atoms with Gasteiger partial charge in [0.15, 0.2) is 17.4 Å². The number of benzene rings is 1. The third-order valence-electron chi connectivity index (χ3n) is 3.51. The maximum Gasteiger partial charge on any atom is 0.237 e. The largest absolute Gasteiger partial charge is 0.867 e. The third-order valence-corrected chi connectivity index (χ3v) is 4.10. The molecule has 0 saturated heterocycles. The number of hydrogen-bond donors (Lipinski definition) is 1. The average molecular weight is 371 g/mol. The Morgan fingerprint density at radius 3 is 2.44 bits per heavy atom. The fourth-order valence-corrected chi connectivity index (χ4v) is 2.68. The molecule has 0 fully saturated rings. The zero-order valence-electron chi connectivity index (χ0n) is 13.2. The first kappa shape index (κ1) is 17.2. The molecule has 0 aliphatic rings. The van der Waals surface area contributed by atoms with Gasteiger partial charge in [0.05, 0.1) is 12.8 Å². The van der Waals surface area contributed by atoms with Crippen LogP contribution in [0.4, 0.5) is 0 Å². The van der Waals surface area contributed by atoms with Crippen LogP contribution in [-0.4, -0.2) is 4.99 Å². The molecule has 2 heterocycles. The lowest BCUT2D eigenvalue weighted by Gasteiger charge is -2.16. The molecule has 0 amide bonds.